The number of thiol groups is 1. The second-order valence-corrected chi connectivity index (χ2v) is 8.12. The Labute approximate surface area is 195 Å². The Morgan fingerprint density at radius 1 is 1.24 bits per heavy atom. The highest BCUT2D eigenvalue weighted by Gasteiger charge is 2.34. The SMILES string of the molecule is COc1ccc(CN2CN(c3ccc(N4C[C@H](CNC(=O)S)OC4=O)cc3F)CC2=O)cc1. The molecule has 2 aromatic carbocycles. The summed E-state index contributed by atoms with van der Waals surface area (Å²) in [6.07, 6.45) is -1.18. The molecular formula is C22H23FN4O5S. The van der Waals surface area contributed by atoms with Crippen LogP contribution in [0.3, 0.4) is 0 Å². The van der Waals surface area contributed by atoms with Gasteiger partial charge in [-0.25, -0.2) is 9.18 Å². The van der Waals surface area contributed by atoms with Crippen LogP contribution in [0.4, 0.5) is 25.4 Å². The predicted molar refractivity (Wildman–Crippen MR) is 122 cm³/mol. The molecule has 2 aromatic rings. The number of benzene rings is 2. The van der Waals surface area contributed by atoms with Crippen molar-refractivity contribution in [1.82, 2.24) is 10.2 Å². The first kappa shape index (κ1) is 22.7. The molecule has 2 aliphatic rings. The van der Waals surface area contributed by atoms with Crippen molar-refractivity contribution in [2.24, 2.45) is 0 Å². The molecule has 2 aliphatic heterocycles. The van der Waals surface area contributed by atoms with Crippen molar-refractivity contribution in [2.45, 2.75) is 12.6 Å². The summed E-state index contributed by atoms with van der Waals surface area (Å²) >= 11 is 3.61. The molecule has 3 amide bonds. The zero-order valence-corrected chi connectivity index (χ0v) is 18.8. The summed E-state index contributed by atoms with van der Waals surface area (Å²) in [4.78, 5) is 40.2. The molecule has 0 bridgehead atoms. The number of hydrogen-bond donors (Lipinski definition) is 2. The number of carbonyl (C=O) groups excluding carboxylic acids is 3. The topological polar surface area (TPSA) is 91.4 Å². The molecular weight excluding hydrogens is 451 g/mol. The molecule has 2 saturated heterocycles. The Hall–Kier alpha value is -3.47. The maximum atomic E-state index is 15.0. The molecule has 1 N–H and O–H groups in total. The van der Waals surface area contributed by atoms with Crippen LogP contribution in [-0.4, -0.2) is 61.7 Å². The predicted octanol–water partition coefficient (Wildman–Crippen LogP) is 2.61. The largest absolute Gasteiger partial charge is 0.497 e. The van der Waals surface area contributed by atoms with E-state index < -0.39 is 23.3 Å². The van der Waals surface area contributed by atoms with Gasteiger partial charge in [0.15, 0.2) is 0 Å². The molecule has 33 heavy (non-hydrogen) atoms. The van der Waals surface area contributed by atoms with Crippen molar-refractivity contribution in [1.29, 1.82) is 0 Å². The minimum atomic E-state index is -0.623. The van der Waals surface area contributed by atoms with Gasteiger partial charge in [0.2, 0.25) is 5.91 Å². The van der Waals surface area contributed by atoms with E-state index in [2.05, 4.69) is 17.9 Å². The molecule has 0 aromatic heterocycles. The maximum absolute atomic E-state index is 15.0. The molecule has 11 heteroatoms. The van der Waals surface area contributed by atoms with Gasteiger partial charge in [-0.05, 0) is 35.9 Å². The Kier molecular flexibility index (Phi) is 6.59. The van der Waals surface area contributed by atoms with Crippen molar-refractivity contribution in [2.75, 3.05) is 43.2 Å². The van der Waals surface area contributed by atoms with E-state index >= 15 is 0 Å². The van der Waals surface area contributed by atoms with Crippen molar-refractivity contribution >= 4 is 41.2 Å². The first-order valence-electron chi connectivity index (χ1n) is 10.2. The molecule has 2 fully saturated rings. The normalized spacial score (nSPS) is 18.0. The Bertz CT molecular complexity index is 1070. The number of anilines is 2. The van der Waals surface area contributed by atoms with Crippen molar-refractivity contribution < 1.29 is 28.2 Å². The van der Waals surface area contributed by atoms with Crippen LogP contribution >= 0.6 is 12.6 Å². The lowest BCUT2D eigenvalue weighted by Crippen LogP contribution is -2.32. The number of cyclic esters (lactones) is 1. The number of rotatable bonds is 7. The number of halogens is 1. The van der Waals surface area contributed by atoms with Crippen LogP contribution in [0.25, 0.3) is 0 Å². The maximum Gasteiger partial charge on any atom is 0.414 e. The Balaban J connectivity index is 1.41. The fourth-order valence-electron chi connectivity index (χ4n) is 3.81. The molecule has 0 aliphatic carbocycles. The number of ether oxygens (including phenoxy) is 2. The van der Waals surface area contributed by atoms with Gasteiger partial charge in [-0.1, -0.05) is 24.8 Å². The zero-order valence-electron chi connectivity index (χ0n) is 17.9. The highest BCUT2D eigenvalue weighted by molar-refractivity contribution is 7.96. The van der Waals surface area contributed by atoms with Crippen molar-refractivity contribution in [3.05, 3.63) is 53.8 Å². The molecule has 0 spiro atoms. The van der Waals surface area contributed by atoms with E-state index in [0.717, 1.165) is 11.3 Å². The first-order chi connectivity index (χ1) is 15.8. The van der Waals surface area contributed by atoms with Gasteiger partial charge in [0, 0.05) is 6.54 Å². The lowest BCUT2D eigenvalue weighted by molar-refractivity contribution is -0.127. The molecule has 4 rings (SSSR count). The van der Waals surface area contributed by atoms with Gasteiger partial charge in [-0.3, -0.25) is 14.5 Å². The van der Waals surface area contributed by atoms with Gasteiger partial charge >= 0.3 is 6.09 Å². The van der Waals surface area contributed by atoms with Crippen molar-refractivity contribution in [3.63, 3.8) is 0 Å². The third kappa shape index (κ3) is 5.14. The van der Waals surface area contributed by atoms with Gasteiger partial charge in [0.05, 0.1) is 44.8 Å². The van der Waals surface area contributed by atoms with Crippen LogP contribution in [-0.2, 0) is 16.1 Å². The minimum Gasteiger partial charge on any atom is -0.497 e. The third-order valence-corrected chi connectivity index (χ3v) is 5.65. The van der Waals surface area contributed by atoms with E-state index in [1.54, 1.807) is 29.0 Å². The number of carbonyl (C=O) groups is 3. The Morgan fingerprint density at radius 3 is 2.67 bits per heavy atom. The fraction of sp³-hybridized carbons (Fsp3) is 0.318. The fourth-order valence-corrected chi connectivity index (χ4v) is 3.90. The minimum absolute atomic E-state index is 0.0592. The number of nitrogens with one attached hydrogen (secondary N) is 1. The summed E-state index contributed by atoms with van der Waals surface area (Å²) in [7, 11) is 1.59. The van der Waals surface area contributed by atoms with E-state index in [1.165, 1.54) is 11.0 Å². The van der Waals surface area contributed by atoms with E-state index in [9.17, 15) is 18.8 Å². The summed E-state index contributed by atoms with van der Waals surface area (Å²) in [5, 5.41) is 1.94. The molecule has 0 saturated carbocycles. The summed E-state index contributed by atoms with van der Waals surface area (Å²) < 4.78 is 25.3. The highest BCUT2D eigenvalue weighted by Crippen LogP contribution is 2.29. The standard InChI is InChI=1S/C22H23FN4O5S/c1-31-16-5-2-14(3-6-16)10-26-13-25(12-20(26)28)19-7-4-15(8-18(19)23)27-11-17(32-22(27)30)9-24-21(29)33/h2-8,17H,9-13H2,1H3,(H2,24,29,33)/t17-/m0/s1. The van der Waals surface area contributed by atoms with E-state index in [0.29, 0.717) is 12.2 Å². The van der Waals surface area contributed by atoms with Crippen LogP contribution in [0.2, 0.25) is 0 Å². The Morgan fingerprint density at radius 2 is 2.00 bits per heavy atom. The van der Waals surface area contributed by atoms with Crippen LogP contribution in [0, 0.1) is 5.82 Å². The monoisotopic (exact) mass is 474 g/mol. The van der Waals surface area contributed by atoms with Gasteiger partial charge in [0.25, 0.3) is 5.24 Å². The molecule has 0 radical (unpaired) electrons. The lowest BCUT2D eigenvalue weighted by atomic mass is 10.2. The first-order valence-corrected chi connectivity index (χ1v) is 10.7. The summed E-state index contributed by atoms with van der Waals surface area (Å²) in [5.74, 6) is 0.0768. The number of methoxy groups -OCH3 is 1. The lowest BCUT2D eigenvalue weighted by Gasteiger charge is -2.21. The van der Waals surface area contributed by atoms with Gasteiger partial charge < -0.3 is 24.6 Å². The molecule has 9 nitrogen and oxygen atoms in total. The van der Waals surface area contributed by atoms with Gasteiger partial charge in [0.1, 0.15) is 17.7 Å². The molecule has 0 unspecified atom stereocenters. The number of nitrogens with zero attached hydrogens (tertiary/aromatic N) is 3. The zero-order chi connectivity index (χ0) is 23.5. The van der Waals surface area contributed by atoms with Crippen LogP contribution < -0.4 is 19.9 Å². The number of hydrogen-bond acceptors (Lipinski definition) is 6. The summed E-state index contributed by atoms with van der Waals surface area (Å²) in [6, 6.07) is 11.8. The van der Waals surface area contributed by atoms with Crippen LogP contribution in [0.5, 0.6) is 5.75 Å². The number of amides is 3. The van der Waals surface area contributed by atoms with Crippen LogP contribution in [0.15, 0.2) is 42.5 Å². The van der Waals surface area contributed by atoms with Crippen molar-refractivity contribution in [3.8, 4) is 5.75 Å². The molecule has 2 heterocycles. The molecule has 174 valence electrons. The molecule has 1 atom stereocenters. The second kappa shape index (κ2) is 9.57. The van der Waals surface area contributed by atoms with E-state index in [1.807, 2.05) is 24.3 Å². The van der Waals surface area contributed by atoms with Gasteiger partial charge in [-0.15, -0.1) is 0 Å². The van der Waals surface area contributed by atoms with E-state index in [4.69, 9.17) is 9.47 Å². The van der Waals surface area contributed by atoms with E-state index in [-0.39, 0.29) is 37.9 Å². The second-order valence-electron chi connectivity index (χ2n) is 7.72. The van der Waals surface area contributed by atoms with Crippen LogP contribution in [0.1, 0.15) is 5.56 Å². The average molecular weight is 475 g/mol. The third-order valence-electron chi connectivity index (χ3n) is 5.49. The summed E-state index contributed by atoms with van der Waals surface area (Å²) in [5.41, 5.74) is 1.55. The quantitative estimate of drug-likeness (QED) is 0.600. The summed E-state index contributed by atoms with van der Waals surface area (Å²) in [6.45, 7) is 1.000. The smallest absolute Gasteiger partial charge is 0.414 e. The average Bonchev–Trinajstić information content (AvgIpc) is 3.34. The van der Waals surface area contributed by atoms with Gasteiger partial charge in [-0.2, -0.15) is 0 Å². The highest BCUT2D eigenvalue weighted by atomic mass is 32.1.